The minimum Gasteiger partial charge on any atom is -0.461 e. The van der Waals surface area contributed by atoms with Crippen molar-refractivity contribution < 1.29 is 17.9 Å². The fraction of sp³-hybridized carbons (Fsp3) is 0.444. The SMILES string of the molecule is CCCOC(=O)c1cc(S(N)(=O)=O)cn1C. The molecule has 0 aromatic carbocycles. The van der Waals surface area contributed by atoms with Crippen LogP contribution < -0.4 is 5.14 Å². The average molecular weight is 246 g/mol. The minimum atomic E-state index is -3.79. The van der Waals surface area contributed by atoms with Crippen molar-refractivity contribution in [1.82, 2.24) is 4.57 Å². The zero-order chi connectivity index (χ0) is 12.3. The maximum Gasteiger partial charge on any atom is 0.354 e. The van der Waals surface area contributed by atoms with Crippen LogP contribution in [0.5, 0.6) is 0 Å². The Morgan fingerprint density at radius 2 is 2.19 bits per heavy atom. The molecule has 1 aromatic rings. The number of aromatic nitrogens is 1. The first-order valence-electron chi connectivity index (χ1n) is 4.72. The number of ether oxygens (including phenoxy) is 1. The quantitative estimate of drug-likeness (QED) is 0.770. The second-order valence-electron chi connectivity index (χ2n) is 3.35. The molecule has 1 aromatic heterocycles. The molecule has 2 N–H and O–H groups in total. The standard InChI is InChI=1S/C9H14N2O4S/c1-3-4-15-9(12)8-5-7(6-11(8)2)16(10,13)14/h5-6H,3-4H2,1-2H3,(H2,10,13,14). The summed E-state index contributed by atoms with van der Waals surface area (Å²) in [5, 5.41) is 4.95. The number of sulfonamides is 1. The second-order valence-corrected chi connectivity index (χ2v) is 4.91. The number of aryl methyl sites for hydroxylation is 1. The van der Waals surface area contributed by atoms with E-state index >= 15 is 0 Å². The zero-order valence-electron chi connectivity index (χ0n) is 9.13. The molecule has 6 nitrogen and oxygen atoms in total. The van der Waals surface area contributed by atoms with Crippen LogP contribution in [0.4, 0.5) is 0 Å². The van der Waals surface area contributed by atoms with Crippen molar-refractivity contribution in [1.29, 1.82) is 0 Å². The Morgan fingerprint density at radius 1 is 1.56 bits per heavy atom. The van der Waals surface area contributed by atoms with E-state index in [1.54, 1.807) is 7.05 Å². The average Bonchev–Trinajstić information content (AvgIpc) is 2.56. The van der Waals surface area contributed by atoms with E-state index in [0.29, 0.717) is 13.0 Å². The Morgan fingerprint density at radius 3 is 2.62 bits per heavy atom. The van der Waals surface area contributed by atoms with Crippen LogP contribution in [0.1, 0.15) is 23.8 Å². The minimum absolute atomic E-state index is 0.0987. The predicted molar refractivity (Wildman–Crippen MR) is 57.4 cm³/mol. The predicted octanol–water partition coefficient (Wildman–Crippen LogP) is 0.239. The van der Waals surface area contributed by atoms with E-state index in [-0.39, 0.29) is 10.6 Å². The lowest BCUT2D eigenvalue weighted by Gasteiger charge is -2.02. The summed E-state index contributed by atoms with van der Waals surface area (Å²) in [5.74, 6) is -0.556. The van der Waals surface area contributed by atoms with Crippen LogP contribution in [0, 0.1) is 0 Å². The van der Waals surface area contributed by atoms with Gasteiger partial charge in [0.05, 0.1) is 6.61 Å². The molecule has 0 saturated heterocycles. The van der Waals surface area contributed by atoms with Crippen LogP contribution in [-0.4, -0.2) is 25.6 Å². The van der Waals surface area contributed by atoms with Crippen molar-refractivity contribution in [2.45, 2.75) is 18.2 Å². The van der Waals surface area contributed by atoms with Crippen molar-refractivity contribution in [2.75, 3.05) is 6.61 Å². The first-order chi connectivity index (χ1) is 7.36. The monoisotopic (exact) mass is 246 g/mol. The highest BCUT2D eigenvalue weighted by Gasteiger charge is 2.17. The highest BCUT2D eigenvalue weighted by molar-refractivity contribution is 7.89. The van der Waals surface area contributed by atoms with Gasteiger partial charge in [0, 0.05) is 13.2 Å². The summed E-state index contributed by atoms with van der Waals surface area (Å²) in [6, 6.07) is 1.20. The van der Waals surface area contributed by atoms with Gasteiger partial charge in [-0.15, -0.1) is 0 Å². The zero-order valence-corrected chi connectivity index (χ0v) is 9.95. The van der Waals surface area contributed by atoms with E-state index < -0.39 is 16.0 Å². The maximum absolute atomic E-state index is 11.5. The van der Waals surface area contributed by atoms with Crippen molar-refractivity contribution in [3.63, 3.8) is 0 Å². The summed E-state index contributed by atoms with van der Waals surface area (Å²) in [5.41, 5.74) is 0.164. The number of esters is 1. The van der Waals surface area contributed by atoms with Gasteiger partial charge in [-0.1, -0.05) is 6.92 Å². The highest BCUT2D eigenvalue weighted by atomic mass is 32.2. The van der Waals surface area contributed by atoms with E-state index in [0.717, 1.165) is 0 Å². The lowest BCUT2D eigenvalue weighted by Crippen LogP contribution is -2.11. The summed E-state index contributed by atoms with van der Waals surface area (Å²) < 4.78 is 28.4. The lowest BCUT2D eigenvalue weighted by molar-refractivity contribution is 0.0494. The topological polar surface area (TPSA) is 91.4 Å². The first kappa shape index (κ1) is 12.7. The van der Waals surface area contributed by atoms with Gasteiger partial charge >= 0.3 is 5.97 Å². The van der Waals surface area contributed by atoms with E-state index in [9.17, 15) is 13.2 Å². The first-order valence-corrected chi connectivity index (χ1v) is 6.27. The third-order valence-corrected chi connectivity index (χ3v) is 2.84. The molecular weight excluding hydrogens is 232 g/mol. The number of hydrogen-bond acceptors (Lipinski definition) is 4. The molecule has 0 atom stereocenters. The van der Waals surface area contributed by atoms with E-state index in [1.807, 2.05) is 6.92 Å². The maximum atomic E-state index is 11.5. The molecule has 0 unspecified atom stereocenters. The van der Waals surface area contributed by atoms with Crippen molar-refractivity contribution in [2.24, 2.45) is 12.2 Å². The summed E-state index contributed by atoms with van der Waals surface area (Å²) in [7, 11) is -2.23. The van der Waals surface area contributed by atoms with E-state index in [1.165, 1.54) is 16.8 Å². The molecule has 0 fully saturated rings. The summed E-state index contributed by atoms with van der Waals surface area (Å²) in [6.07, 6.45) is 1.98. The molecule has 0 aliphatic rings. The Kier molecular flexibility index (Phi) is 3.71. The fourth-order valence-electron chi connectivity index (χ4n) is 1.16. The Bertz CT molecular complexity index is 490. The molecule has 0 aliphatic heterocycles. The van der Waals surface area contributed by atoms with Crippen LogP contribution >= 0.6 is 0 Å². The third kappa shape index (κ3) is 2.83. The van der Waals surface area contributed by atoms with Gasteiger partial charge in [-0.2, -0.15) is 0 Å². The number of rotatable bonds is 4. The number of nitrogens with zero attached hydrogens (tertiary/aromatic N) is 1. The second kappa shape index (κ2) is 4.67. The summed E-state index contributed by atoms with van der Waals surface area (Å²) in [4.78, 5) is 11.4. The number of nitrogens with two attached hydrogens (primary N) is 1. The molecule has 0 saturated carbocycles. The van der Waals surface area contributed by atoms with Crippen LogP contribution in [0.3, 0.4) is 0 Å². The van der Waals surface area contributed by atoms with Gasteiger partial charge in [-0.05, 0) is 12.5 Å². The lowest BCUT2D eigenvalue weighted by atomic mass is 10.4. The third-order valence-electron chi connectivity index (χ3n) is 1.95. The van der Waals surface area contributed by atoms with Gasteiger partial charge in [0.15, 0.2) is 0 Å². The van der Waals surface area contributed by atoms with Gasteiger partial charge in [-0.3, -0.25) is 0 Å². The van der Waals surface area contributed by atoms with E-state index in [2.05, 4.69) is 0 Å². The number of carbonyl (C=O) groups is 1. The number of carbonyl (C=O) groups excluding carboxylic acids is 1. The molecular formula is C9H14N2O4S. The summed E-state index contributed by atoms with van der Waals surface area (Å²) >= 11 is 0. The van der Waals surface area contributed by atoms with Gasteiger partial charge < -0.3 is 9.30 Å². The summed E-state index contributed by atoms with van der Waals surface area (Å²) in [6.45, 7) is 2.17. The highest BCUT2D eigenvalue weighted by Crippen LogP contribution is 2.12. The van der Waals surface area contributed by atoms with E-state index in [4.69, 9.17) is 9.88 Å². The van der Waals surface area contributed by atoms with Crippen LogP contribution in [0.15, 0.2) is 17.2 Å². The normalized spacial score (nSPS) is 11.4. The van der Waals surface area contributed by atoms with Gasteiger partial charge in [0.1, 0.15) is 10.6 Å². The molecule has 0 bridgehead atoms. The van der Waals surface area contributed by atoms with Crippen LogP contribution in [0.25, 0.3) is 0 Å². The molecule has 1 heterocycles. The fourth-order valence-corrected chi connectivity index (χ4v) is 1.74. The Labute approximate surface area is 94.1 Å². The van der Waals surface area contributed by atoms with Crippen molar-refractivity contribution in [3.05, 3.63) is 18.0 Å². The Balaban J connectivity index is 2.99. The van der Waals surface area contributed by atoms with Gasteiger partial charge in [0.25, 0.3) is 0 Å². The van der Waals surface area contributed by atoms with Crippen LogP contribution in [-0.2, 0) is 21.8 Å². The molecule has 7 heteroatoms. The van der Waals surface area contributed by atoms with Crippen LogP contribution in [0.2, 0.25) is 0 Å². The molecule has 1 rings (SSSR count). The number of primary sulfonamides is 1. The van der Waals surface area contributed by atoms with Crippen molar-refractivity contribution >= 4 is 16.0 Å². The molecule has 0 spiro atoms. The molecule has 90 valence electrons. The molecule has 16 heavy (non-hydrogen) atoms. The molecule has 0 radical (unpaired) electrons. The molecule has 0 amide bonds. The molecule has 0 aliphatic carbocycles. The Hall–Kier alpha value is -1.34. The van der Waals surface area contributed by atoms with Crippen molar-refractivity contribution in [3.8, 4) is 0 Å². The smallest absolute Gasteiger partial charge is 0.354 e. The number of hydrogen-bond donors (Lipinski definition) is 1. The van der Waals surface area contributed by atoms with Gasteiger partial charge in [0.2, 0.25) is 10.0 Å². The largest absolute Gasteiger partial charge is 0.461 e. The van der Waals surface area contributed by atoms with Gasteiger partial charge in [-0.25, -0.2) is 18.4 Å².